The predicted octanol–water partition coefficient (Wildman–Crippen LogP) is 2.99. The molecule has 1 aromatic carbocycles. The number of nitrogens with one attached hydrogen (secondary N) is 1. The third kappa shape index (κ3) is 1.83. The molecule has 1 heteroatoms. The molecule has 1 saturated heterocycles. The SMILES string of the molecule is CC(C)[C@H]1CCN[C@@H]1c1ccccc1. The van der Waals surface area contributed by atoms with Gasteiger partial charge in [0.15, 0.2) is 0 Å². The van der Waals surface area contributed by atoms with Crippen molar-refractivity contribution in [3.8, 4) is 0 Å². The molecule has 0 saturated carbocycles. The molecule has 76 valence electrons. The Labute approximate surface area is 86.5 Å². The third-order valence-corrected chi connectivity index (χ3v) is 3.29. The van der Waals surface area contributed by atoms with Crippen molar-refractivity contribution in [2.24, 2.45) is 11.8 Å². The minimum atomic E-state index is 0.580. The van der Waals surface area contributed by atoms with Crippen LogP contribution in [0.15, 0.2) is 30.3 Å². The minimum absolute atomic E-state index is 0.580. The zero-order valence-corrected chi connectivity index (χ0v) is 9.03. The number of rotatable bonds is 2. The quantitative estimate of drug-likeness (QED) is 0.754. The first-order valence-corrected chi connectivity index (χ1v) is 5.57. The fourth-order valence-electron chi connectivity index (χ4n) is 2.47. The number of hydrogen-bond donors (Lipinski definition) is 1. The summed E-state index contributed by atoms with van der Waals surface area (Å²) in [5.41, 5.74) is 1.45. The van der Waals surface area contributed by atoms with Gasteiger partial charge in [0.2, 0.25) is 0 Å². The highest BCUT2D eigenvalue weighted by molar-refractivity contribution is 5.20. The maximum atomic E-state index is 3.60. The van der Waals surface area contributed by atoms with Crippen LogP contribution in [0.2, 0.25) is 0 Å². The number of benzene rings is 1. The molecule has 0 aliphatic carbocycles. The van der Waals surface area contributed by atoms with Crippen molar-refractivity contribution in [2.75, 3.05) is 6.54 Å². The molecule has 1 heterocycles. The zero-order valence-electron chi connectivity index (χ0n) is 9.03. The van der Waals surface area contributed by atoms with E-state index in [1.54, 1.807) is 0 Å². The Morgan fingerprint density at radius 2 is 1.93 bits per heavy atom. The van der Waals surface area contributed by atoms with Crippen LogP contribution in [0.5, 0.6) is 0 Å². The third-order valence-electron chi connectivity index (χ3n) is 3.29. The summed E-state index contributed by atoms with van der Waals surface area (Å²) in [6, 6.07) is 11.4. The average molecular weight is 189 g/mol. The molecule has 14 heavy (non-hydrogen) atoms. The Kier molecular flexibility index (Phi) is 2.87. The second-order valence-corrected chi connectivity index (χ2v) is 4.54. The monoisotopic (exact) mass is 189 g/mol. The van der Waals surface area contributed by atoms with E-state index in [0.29, 0.717) is 6.04 Å². The van der Waals surface area contributed by atoms with E-state index in [-0.39, 0.29) is 0 Å². The highest BCUT2D eigenvalue weighted by atomic mass is 15.0. The van der Waals surface area contributed by atoms with E-state index in [1.807, 2.05) is 0 Å². The highest BCUT2D eigenvalue weighted by Crippen LogP contribution is 2.34. The molecule has 2 rings (SSSR count). The van der Waals surface area contributed by atoms with Crippen molar-refractivity contribution < 1.29 is 0 Å². The van der Waals surface area contributed by atoms with Crippen molar-refractivity contribution in [3.63, 3.8) is 0 Å². The molecule has 1 nitrogen and oxygen atoms in total. The van der Waals surface area contributed by atoms with Gasteiger partial charge in [-0.3, -0.25) is 0 Å². The molecule has 2 atom stereocenters. The molecule has 0 aromatic heterocycles. The largest absolute Gasteiger partial charge is 0.310 e. The van der Waals surface area contributed by atoms with Gasteiger partial charge in [0.25, 0.3) is 0 Å². The smallest absolute Gasteiger partial charge is 0.0351 e. The Bertz CT molecular complexity index is 279. The van der Waals surface area contributed by atoms with Gasteiger partial charge in [-0.1, -0.05) is 44.2 Å². The van der Waals surface area contributed by atoms with Crippen molar-refractivity contribution in [1.29, 1.82) is 0 Å². The lowest BCUT2D eigenvalue weighted by Gasteiger charge is -2.23. The van der Waals surface area contributed by atoms with E-state index in [4.69, 9.17) is 0 Å². The molecule has 1 fully saturated rings. The van der Waals surface area contributed by atoms with Gasteiger partial charge in [-0.25, -0.2) is 0 Å². The Morgan fingerprint density at radius 1 is 1.21 bits per heavy atom. The van der Waals surface area contributed by atoms with E-state index in [2.05, 4.69) is 49.5 Å². The summed E-state index contributed by atoms with van der Waals surface area (Å²) in [7, 11) is 0. The van der Waals surface area contributed by atoms with E-state index in [0.717, 1.165) is 11.8 Å². The van der Waals surface area contributed by atoms with Gasteiger partial charge in [0.1, 0.15) is 0 Å². The normalized spacial score (nSPS) is 27.1. The lowest BCUT2D eigenvalue weighted by Crippen LogP contribution is -2.20. The molecule has 1 aromatic rings. The van der Waals surface area contributed by atoms with Gasteiger partial charge in [-0.15, -0.1) is 0 Å². The molecule has 1 N–H and O–H groups in total. The van der Waals surface area contributed by atoms with Crippen LogP contribution in [0.3, 0.4) is 0 Å². The predicted molar refractivity (Wildman–Crippen MR) is 60.1 cm³/mol. The minimum Gasteiger partial charge on any atom is -0.310 e. The van der Waals surface area contributed by atoms with Gasteiger partial charge < -0.3 is 5.32 Å². The fourth-order valence-corrected chi connectivity index (χ4v) is 2.47. The Morgan fingerprint density at radius 3 is 2.57 bits per heavy atom. The standard InChI is InChI=1S/C13H19N/c1-10(2)12-8-9-14-13(12)11-6-4-3-5-7-11/h3-7,10,12-14H,8-9H2,1-2H3/t12-,13-/m1/s1. The summed E-state index contributed by atoms with van der Waals surface area (Å²) in [4.78, 5) is 0. The molecule has 0 radical (unpaired) electrons. The molecular weight excluding hydrogens is 170 g/mol. The van der Waals surface area contributed by atoms with Crippen LogP contribution in [-0.2, 0) is 0 Å². The molecule has 0 unspecified atom stereocenters. The van der Waals surface area contributed by atoms with Crippen molar-refractivity contribution in [3.05, 3.63) is 35.9 Å². The first-order chi connectivity index (χ1) is 6.79. The van der Waals surface area contributed by atoms with Gasteiger partial charge in [0, 0.05) is 6.04 Å². The van der Waals surface area contributed by atoms with Crippen LogP contribution in [-0.4, -0.2) is 6.54 Å². The summed E-state index contributed by atoms with van der Waals surface area (Å²) in [6.07, 6.45) is 1.32. The fraction of sp³-hybridized carbons (Fsp3) is 0.538. The van der Waals surface area contributed by atoms with Crippen LogP contribution in [0.25, 0.3) is 0 Å². The van der Waals surface area contributed by atoms with Crippen molar-refractivity contribution in [2.45, 2.75) is 26.3 Å². The maximum Gasteiger partial charge on any atom is 0.0351 e. The van der Waals surface area contributed by atoms with Gasteiger partial charge in [0.05, 0.1) is 0 Å². The average Bonchev–Trinajstić information content (AvgIpc) is 2.67. The van der Waals surface area contributed by atoms with Gasteiger partial charge in [-0.05, 0) is 30.4 Å². The van der Waals surface area contributed by atoms with Gasteiger partial charge >= 0.3 is 0 Å². The van der Waals surface area contributed by atoms with Crippen LogP contribution >= 0.6 is 0 Å². The molecular formula is C13H19N. The van der Waals surface area contributed by atoms with E-state index >= 15 is 0 Å². The van der Waals surface area contributed by atoms with Crippen LogP contribution < -0.4 is 5.32 Å². The summed E-state index contributed by atoms with van der Waals surface area (Å²) in [5, 5.41) is 3.60. The second kappa shape index (κ2) is 4.14. The molecule has 0 spiro atoms. The summed E-state index contributed by atoms with van der Waals surface area (Å²) < 4.78 is 0. The second-order valence-electron chi connectivity index (χ2n) is 4.54. The summed E-state index contributed by atoms with van der Waals surface area (Å²) in [5.74, 6) is 1.58. The topological polar surface area (TPSA) is 12.0 Å². The molecule has 0 bridgehead atoms. The molecule has 0 amide bonds. The maximum absolute atomic E-state index is 3.60. The first-order valence-electron chi connectivity index (χ1n) is 5.57. The Balaban J connectivity index is 2.18. The van der Waals surface area contributed by atoms with E-state index in [1.165, 1.54) is 18.5 Å². The van der Waals surface area contributed by atoms with E-state index in [9.17, 15) is 0 Å². The number of hydrogen-bond acceptors (Lipinski definition) is 1. The van der Waals surface area contributed by atoms with Crippen molar-refractivity contribution >= 4 is 0 Å². The summed E-state index contributed by atoms with van der Waals surface area (Å²) in [6.45, 7) is 5.82. The molecule has 1 aliphatic heterocycles. The lowest BCUT2D eigenvalue weighted by molar-refractivity contribution is 0.347. The lowest BCUT2D eigenvalue weighted by atomic mass is 9.85. The first kappa shape index (κ1) is 9.72. The van der Waals surface area contributed by atoms with Crippen LogP contribution in [0.1, 0.15) is 31.9 Å². The molecule has 1 aliphatic rings. The van der Waals surface area contributed by atoms with Crippen molar-refractivity contribution in [1.82, 2.24) is 5.32 Å². The Hall–Kier alpha value is -0.820. The van der Waals surface area contributed by atoms with Crippen LogP contribution in [0.4, 0.5) is 0 Å². The zero-order chi connectivity index (χ0) is 9.97. The highest BCUT2D eigenvalue weighted by Gasteiger charge is 2.29. The van der Waals surface area contributed by atoms with Gasteiger partial charge in [-0.2, -0.15) is 0 Å². The summed E-state index contributed by atoms with van der Waals surface area (Å²) >= 11 is 0. The van der Waals surface area contributed by atoms with Crippen LogP contribution in [0, 0.1) is 11.8 Å². The van der Waals surface area contributed by atoms with E-state index < -0.39 is 0 Å².